The first-order valence-electron chi connectivity index (χ1n) is 11.1. The summed E-state index contributed by atoms with van der Waals surface area (Å²) < 4.78 is 5.29. The third-order valence-corrected chi connectivity index (χ3v) is 7.97. The number of nitrogens with one attached hydrogen (secondary N) is 1. The number of piperazine rings is 1. The SMILES string of the molecule is CCOC(=O)c1c(NC(=O)CN2CCN(C)CC23CCCCC3)sc2c1CCC2. The predicted octanol–water partition coefficient (Wildman–Crippen LogP) is 3.30. The van der Waals surface area contributed by atoms with Gasteiger partial charge in [0.1, 0.15) is 5.00 Å². The van der Waals surface area contributed by atoms with Crippen LogP contribution in [0.2, 0.25) is 0 Å². The second-order valence-corrected chi connectivity index (χ2v) is 9.88. The van der Waals surface area contributed by atoms with E-state index in [1.807, 2.05) is 6.92 Å². The molecule has 0 unspecified atom stereocenters. The molecule has 4 rings (SSSR count). The van der Waals surface area contributed by atoms with Crippen molar-refractivity contribution >= 4 is 28.2 Å². The first-order chi connectivity index (χ1) is 14.0. The summed E-state index contributed by atoms with van der Waals surface area (Å²) >= 11 is 1.56. The summed E-state index contributed by atoms with van der Waals surface area (Å²) in [4.78, 5) is 31.6. The minimum Gasteiger partial charge on any atom is -0.462 e. The smallest absolute Gasteiger partial charge is 0.341 e. The maximum atomic E-state index is 13.0. The van der Waals surface area contributed by atoms with Crippen molar-refractivity contribution in [2.45, 2.75) is 63.8 Å². The maximum Gasteiger partial charge on any atom is 0.341 e. The molecule has 160 valence electrons. The second kappa shape index (κ2) is 8.74. The van der Waals surface area contributed by atoms with Crippen LogP contribution >= 0.6 is 11.3 Å². The van der Waals surface area contributed by atoms with Gasteiger partial charge in [0, 0.05) is 30.1 Å². The molecule has 1 saturated heterocycles. The van der Waals surface area contributed by atoms with E-state index in [2.05, 4.69) is 22.2 Å². The van der Waals surface area contributed by atoms with E-state index in [1.54, 1.807) is 11.3 Å². The van der Waals surface area contributed by atoms with E-state index < -0.39 is 0 Å². The summed E-state index contributed by atoms with van der Waals surface area (Å²) in [6.07, 6.45) is 9.10. The number of carbonyl (C=O) groups is 2. The second-order valence-electron chi connectivity index (χ2n) is 8.77. The van der Waals surface area contributed by atoms with Crippen molar-refractivity contribution < 1.29 is 14.3 Å². The van der Waals surface area contributed by atoms with Crippen LogP contribution in [0.25, 0.3) is 0 Å². The fraction of sp³-hybridized carbons (Fsp3) is 0.727. The lowest BCUT2D eigenvalue weighted by molar-refractivity contribution is -0.121. The number of aryl methyl sites for hydroxylation is 1. The highest BCUT2D eigenvalue weighted by Crippen LogP contribution is 2.40. The van der Waals surface area contributed by atoms with Gasteiger partial charge in [-0.1, -0.05) is 19.3 Å². The molecule has 1 amide bonds. The third kappa shape index (κ3) is 4.23. The van der Waals surface area contributed by atoms with Crippen LogP contribution in [0.5, 0.6) is 0 Å². The highest BCUT2D eigenvalue weighted by Gasteiger charge is 2.42. The Labute approximate surface area is 177 Å². The number of ether oxygens (including phenoxy) is 1. The van der Waals surface area contributed by atoms with Gasteiger partial charge in [-0.25, -0.2) is 4.79 Å². The number of thiophene rings is 1. The number of nitrogens with zero attached hydrogens (tertiary/aromatic N) is 2. The summed E-state index contributed by atoms with van der Waals surface area (Å²) in [6.45, 7) is 5.53. The van der Waals surface area contributed by atoms with E-state index in [0.29, 0.717) is 23.7 Å². The molecule has 0 aromatic carbocycles. The fourth-order valence-corrected chi connectivity index (χ4v) is 6.69. The number of hydrogen-bond donors (Lipinski definition) is 1. The monoisotopic (exact) mass is 419 g/mol. The van der Waals surface area contributed by atoms with Crippen LogP contribution in [-0.2, 0) is 22.4 Å². The lowest BCUT2D eigenvalue weighted by Gasteiger charge is -2.52. The van der Waals surface area contributed by atoms with E-state index in [1.165, 1.54) is 37.0 Å². The van der Waals surface area contributed by atoms with Gasteiger partial charge in [-0.3, -0.25) is 9.69 Å². The number of esters is 1. The van der Waals surface area contributed by atoms with Crippen LogP contribution in [0, 0.1) is 0 Å². The molecule has 1 N–H and O–H groups in total. The molecule has 1 saturated carbocycles. The molecule has 1 aromatic rings. The van der Waals surface area contributed by atoms with Gasteiger partial charge in [-0.2, -0.15) is 0 Å². The zero-order valence-corrected chi connectivity index (χ0v) is 18.5. The molecule has 7 heteroatoms. The Morgan fingerprint density at radius 1 is 1.14 bits per heavy atom. The zero-order valence-electron chi connectivity index (χ0n) is 17.7. The molecule has 0 radical (unpaired) electrons. The van der Waals surface area contributed by atoms with E-state index in [0.717, 1.165) is 44.5 Å². The van der Waals surface area contributed by atoms with Crippen molar-refractivity contribution in [2.24, 2.45) is 0 Å². The molecule has 1 aliphatic heterocycles. The zero-order chi connectivity index (χ0) is 20.4. The third-order valence-electron chi connectivity index (χ3n) is 6.76. The summed E-state index contributed by atoms with van der Waals surface area (Å²) in [6, 6.07) is 0. The molecule has 2 heterocycles. The highest BCUT2D eigenvalue weighted by molar-refractivity contribution is 7.17. The van der Waals surface area contributed by atoms with Crippen LogP contribution in [0.4, 0.5) is 5.00 Å². The van der Waals surface area contributed by atoms with Gasteiger partial charge in [0.2, 0.25) is 5.91 Å². The molecule has 2 fully saturated rings. The van der Waals surface area contributed by atoms with Crippen molar-refractivity contribution in [1.29, 1.82) is 0 Å². The minimum absolute atomic E-state index is 0.00928. The van der Waals surface area contributed by atoms with Crippen LogP contribution in [-0.4, -0.2) is 67.0 Å². The van der Waals surface area contributed by atoms with Gasteiger partial charge in [0.25, 0.3) is 0 Å². The predicted molar refractivity (Wildman–Crippen MR) is 116 cm³/mol. The Balaban J connectivity index is 1.49. The van der Waals surface area contributed by atoms with Crippen molar-refractivity contribution in [3.63, 3.8) is 0 Å². The molecule has 1 spiro atoms. The number of rotatable bonds is 5. The summed E-state index contributed by atoms with van der Waals surface area (Å²) in [5, 5.41) is 3.77. The minimum atomic E-state index is -0.300. The fourth-order valence-electron chi connectivity index (χ4n) is 5.39. The number of hydrogen-bond acceptors (Lipinski definition) is 6. The first-order valence-corrected chi connectivity index (χ1v) is 11.9. The molecule has 0 atom stereocenters. The van der Waals surface area contributed by atoms with Crippen LogP contribution in [0.3, 0.4) is 0 Å². The van der Waals surface area contributed by atoms with Crippen molar-refractivity contribution in [3.8, 4) is 0 Å². The number of carbonyl (C=O) groups excluding carboxylic acids is 2. The van der Waals surface area contributed by atoms with Gasteiger partial charge in [0.15, 0.2) is 0 Å². The number of likely N-dealkylation sites (N-methyl/N-ethyl adjacent to an activating group) is 1. The number of anilines is 1. The van der Waals surface area contributed by atoms with Crippen LogP contribution < -0.4 is 5.32 Å². The molecule has 0 bridgehead atoms. The Morgan fingerprint density at radius 2 is 1.93 bits per heavy atom. The Hall–Kier alpha value is -1.44. The first kappa shape index (κ1) is 20.8. The summed E-state index contributed by atoms with van der Waals surface area (Å²) in [5.41, 5.74) is 1.82. The lowest BCUT2D eigenvalue weighted by Crippen LogP contribution is -2.63. The van der Waals surface area contributed by atoms with E-state index >= 15 is 0 Å². The van der Waals surface area contributed by atoms with Gasteiger partial charge in [-0.05, 0) is 51.6 Å². The quantitative estimate of drug-likeness (QED) is 0.742. The lowest BCUT2D eigenvalue weighted by atomic mass is 9.78. The number of fused-ring (bicyclic) bond motifs is 1. The topological polar surface area (TPSA) is 61.9 Å². The maximum absolute atomic E-state index is 13.0. The van der Waals surface area contributed by atoms with Gasteiger partial charge in [0.05, 0.1) is 18.7 Å². The van der Waals surface area contributed by atoms with Gasteiger partial charge in [-0.15, -0.1) is 11.3 Å². The average Bonchev–Trinajstić information content (AvgIpc) is 3.25. The van der Waals surface area contributed by atoms with Gasteiger partial charge < -0.3 is 15.0 Å². The molecule has 1 aromatic heterocycles. The van der Waals surface area contributed by atoms with E-state index in [9.17, 15) is 9.59 Å². The van der Waals surface area contributed by atoms with Gasteiger partial charge >= 0.3 is 5.97 Å². The van der Waals surface area contributed by atoms with Crippen molar-refractivity contribution in [2.75, 3.05) is 45.2 Å². The molecule has 29 heavy (non-hydrogen) atoms. The average molecular weight is 420 g/mol. The molecule has 2 aliphatic carbocycles. The normalized spacial score (nSPS) is 21.9. The highest BCUT2D eigenvalue weighted by atomic mass is 32.1. The molecular weight excluding hydrogens is 386 g/mol. The standard InChI is InChI=1S/C22H33N3O3S/c1-3-28-21(27)19-16-8-7-9-17(16)29-20(19)23-18(26)14-25-13-12-24(2)15-22(25)10-5-4-6-11-22/h3-15H2,1-2H3,(H,23,26). The Bertz CT molecular complexity index is 770. The molecule has 3 aliphatic rings. The summed E-state index contributed by atoms with van der Waals surface area (Å²) in [7, 11) is 2.19. The molecular formula is C22H33N3O3S. The molecule has 6 nitrogen and oxygen atoms in total. The number of amides is 1. The van der Waals surface area contributed by atoms with Crippen molar-refractivity contribution in [3.05, 3.63) is 16.0 Å². The van der Waals surface area contributed by atoms with E-state index in [4.69, 9.17) is 4.74 Å². The largest absolute Gasteiger partial charge is 0.462 e. The van der Waals surface area contributed by atoms with Crippen LogP contribution in [0.1, 0.15) is 66.2 Å². The Morgan fingerprint density at radius 3 is 2.69 bits per heavy atom. The van der Waals surface area contributed by atoms with E-state index in [-0.39, 0.29) is 17.4 Å². The Kier molecular flexibility index (Phi) is 6.27. The van der Waals surface area contributed by atoms with Crippen molar-refractivity contribution in [1.82, 2.24) is 9.80 Å². The summed E-state index contributed by atoms with van der Waals surface area (Å²) in [5.74, 6) is -0.310. The van der Waals surface area contributed by atoms with Crippen LogP contribution in [0.15, 0.2) is 0 Å².